The molecule has 1 aliphatic heterocycles. The molecule has 3 heterocycles. The number of aromatic nitrogens is 4. The Morgan fingerprint density at radius 1 is 1.21 bits per heavy atom. The summed E-state index contributed by atoms with van der Waals surface area (Å²) < 4.78 is 0.885. The van der Waals surface area contributed by atoms with E-state index in [1.54, 1.807) is 18.1 Å². The van der Waals surface area contributed by atoms with Crippen LogP contribution in [-0.2, 0) is 4.79 Å². The first-order valence-corrected chi connectivity index (χ1v) is 11.4. The van der Waals surface area contributed by atoms with Crippen LogP contribution in [0.15, 0.2) is 47.1 Å². The summed E-state index contributed by atoms with van der Waals surface area (Å²) in [4.78, 5) is 23.7. The van der Waals surface area contributed by atoms with Gasteiger partial charge in [0.05, 0.1) is 5.69 Å². The molecule has 1 aliphatic rings. The Balaban J connectivity index is 1.35. The third-order valence-electron chi connectivity index (χ3n) is 4.82. The normalized spacial score (nSPS) is 14.7. The molecule has 1 aromatic carbocycles. The number of piperidine rings is 1. The lowest BCUT2D eigenvalue weighted by molar-refractivity contribution is -0.120. The molecule has 2 aromatic heterocycles. The zero-order chi connectivity index (χ0) is 20.1. The maximum absolute atomic E-state index is 12.6. The van der Waals surface area contributed by atoms with E-state index in [2.05, 4.69) is 37.3 Å². The van der Waals surface area contributed by atoms with Gasteiger partial charge in [-0.15, -0.1) is 10.2 Å². The second kappa shape index (κ2) is 9.32. The van der Waals surface area contributed by atoms with Crippen LogP contribution in [-0.4, -0.2) is 44.9 Å². The highest BCUT2D eigenvalue weighted by molar-refractivity contribution is 8.01. The number of nitrogens with one attached hydrogen (secondary N) is 1. The number of nitrogens with zero attached hydrogens (tertiary/aromatic N) is 5. The Kier molecular flexibility index (Phi) is 6.36. The fourth-order valence-electron chi connectivity index (χ4n) is 3.31. The maximum atomic E-state index is 12.6. The van der Waals surface area contributed by atoms with E-state index in [0.29, 0.717) is 5.13 Å². The predicted molar refractivity (Wildman–Crippen MR) is 117 cm³/mol. The summed E-state index contributed by atoms with van der Waals surface area (Å²) in [6.07, 6.45) is 3.18. The molecule has 0 aliphatic carbocycles. The molecular weight excluding hydrogens is 404 g/mol. The van der Waals surface area contributed by atoms with Crippen LogP contribution in [0.5, 0.6) is 0 Å². The van der Waals surface area contributed by atoms with Gasteiger partial charge in [0.1, 0.15) is 12.1 Å². The van der Waals surface area contributed by atoms with E-state index < -0.39 is 0 Å². The Morgan fingerprint density at radius 2 is 2.00 bits per heavy atom. The van der Waals surface area contributed by atoms with E-state index in [1.807, 2.05) is 36.4 Å². The van der Waals surface area contributed by atoms with Gasteiger partial charge >= 0.3 is 0 Å². The number of thioether (sulfide) groups is 1. The van der Waals surface area contributed by atoms with Crippen LogP contribution in [0.25, 0.3) is 11.3 Å². The van der Waals surface area contributed by atoms with Gasteiger partial charge in [0, 0.05) is 30.6 Å². The molecule has 0 bridgehead atoms. The summed E-state index contributed by atoms with van der Waals surface area (Å²) in [5.41, 5.74) is 1.98. The molecule has 1 N–H and O–H groups in total. The van der Waals surface area contributed by atoms with Gasteiger partial charge in [-0.3, -0.25) is 4.79 Å². The number of anilines is 2. The molecule has 0 radical (unpaired) electrons. The first kappa shape index (κ1) is 19.8. The van der Waals surface area contributed by atoms with Crippen molar-refractivity contribution in [3.8, 4) is 11.3 Å². The molecule has 1 amide bonds. The largest absolute Gasteiger partial charge is 0.356 e. The van der Waals surface area contributed by atoms with Crippen molar-refractivity contribution >= 4 is 40.0 Å². The molecule has 0 saturated carbocycles. The topological polar surface area (TPSA) is 83.9 Å². The van der Waals surface area contributed by atoms with E-state index in [9.17, 15) is 4.79 Å². The van der Waals surface area contributed by atoms with Gasteiger partial charge in [0.25, 0.3) is 0 Å². The average molecular weight is 427 g/mol. The Morgan fingerprint density at radius 3 is 2.76 bits per heavy atom. The molecule has 0 unspecified atom stereocenters. The third kappa shape index (κ3) is 4.91. The molecule has 29 heavy (non-hydrogen) atoms. The fourth-order valence-corrected chi connectivity index (χ4v) is 4.96. The standard InChI is InChI=1S/C20H22N6OS2/c1-2-28-20-25-24-19(29-20)23-18(27)15-8-10-26(11-9-15)17-12-16(21-13-22-17)14-6-4-3-5-7-14/h3-7,12-13,15H,2,8-11H2,1H3,(H,23,24,27). The van der Waals surface area contributed by atoms with Gasteiger partial charge in [-0.1, -0.05) is 60.4 Å². The number of benzene rings is 1. The monoisotopic (exact) mass is 426 g/mol. The Hall–Kier alpha value is -2.52. The van der Waals surface area contributed by atoms with Gasteiger partial charge in [-0.2, -0.15) is 0 Å². The van der Waals surface area contributed by atoms with Crippen molar-refractivity contribution in [1.29, 1.82) is 0 Å². The minimum absolute atomic E-state index is 0.0205. The van der Waals surface area contributed by atoms with E-state index in [1.165, 1.54) is 11.3 Å². The summed E-state index contributed by atoms with van der Waals surface area (Å²) in [5, 5.41) is 11.6. The lowest BCUT2D eigenvalue weighted by atomic mass is 9.96. The number of hydrogen-bond acceptors (Lipinski definition) is 8. The number of carbonyl (C=O) groups is 1. The predicted octanol–water partition coefficient (Wildman–Crippen LogP) is 3.96. The summed E-state index contributed by atoms with van der Waals surface area (Å²) in [7, 11) is 0. The van der Waals surface area contributed by atoms with Crippen molar-refractivity contribution in [2.45, 2.75) is 24.1 Å². The molecule has 0 atom stereocenters. The number of hydrogen-bond donors (Lipinski definition) is 1. The molecule has 9 heteroatoms. The molecule has 0 spiro atoms. The fraction of sp³-hybridized carbons (Fsp3) is 0.350. The highest BCUT2D eigenvalue weighted by Crippen LogP contribution is 2.28. The first-order valence-electron chi connectivity index (χ1n) is 9.62. The zero-order valence-corrected chi connectivity index (χ0v) is 17.7. The third-order valence-corrected chi connectivity index (χ3v) is 6.67. The highest BCUT2D eigenvalue weighted by atomic mass is 32.2. The lowest BCUT2D eigenvalue weighted by Crippen LogP contribution is -2.38. The molecule has 4 rings (SSSR count). The molecule has 7 nitrogen and oxygen atoms in total. The quantitative estimate of drug-likeness (QED) is 0.472. The molecule has 1 saturated heterocycles. The van der Waals surface area contributed by atoms with Crippen LogP contribution in [0.2, 0.25) is 0 Å². The summed E-state index contributed by atoms with van der Waals surface area (Å²) in [6, 6.07) is 12.1. The smallest absolute Gasteiger partial charge is 0.229 e. The van der Waals surface area contributed by atoms with Crippen molar-refractivity contribution in [2.24, 2.45) is 5.92 Å². The summed E-state index contributed by atoms with van der Waals surface area (Å²) in [6.45, 7) is 3.64. The second-order valence-electron chi connectivity index (χ2n) is 6.68. The second-order valence-corrected chi connectivity index (χ2v) is 9.17. The number of rotatable bonds is 6. The van der Waals surface area contributed by atoms with Gasteiger partial charge in [-0.25, -0.2) is 9.97 Å². The van der Waals surface area contributed by atoms with Crippen LogP contribution < -0.4 is 10.2 Å². The SMILES string of the molecule is CCSc1nnc(NC(=O)C2CCN(c3cc(-c4ccccc4)ncn3)CC2)s1. The Bertz CT molecular complexity index is 956. The lowest BCUT2D eigenvalue weighted by Gasteiger charge is -2.32. The minimum atomic E-state index is -0.0205. The maximum Gasteiger partial charge on any atom is 0.229 e. The van der Waals surface area contributed by atoms with Gasteiger partial charge in [-0.05, 0) is 18.6 Å². The van der Waals surface area contributed by atoms with Crippen molar-refractivity contribution in [2.75, 3.05) is 29.1 Å². The number of amides is 1. The van der Waals surface area contributed by atoms with E-state index >= 15 is 0 Å². The molecule has 150 valence electrons. The summed E-state index contributed by atoms with van der Waals surface area (Å²) in [5.74, 6) is 1.85. The van der Waals surface area contributed by atoms with E-state index in [4.69, 9.17) is 0 Å². The van der Waals surface area contributed by atoms with Crippen LogP contribution in [0.3, 0.4) is 0 Å². The molecule has 3 aromatic rings. The number of carbonyl (C=O) groups excluding carboxylic acids is 1. The zero-order valence-electron chi connectivity index (χ0n) is 16.1. The van der Waals surface area contributed by atoms with Crippen molar-refractivity contribution in [1.82, 2.24) is 20.2 Å². The molecule has 1 fully saturated rings. The van der Waals surface area contributed by atoms with Gasteiger partial charge < -0.3 is 10.2 Å². The van der Waals surface area contributed by atoms with E-state index in [-0.39, 0.29) is 11.8 Å². The van der Waals surface area contributed by atoms with Crippen LogP contribution in [0.4, 0.5) is 10.9 Å². The van der Waals surface area contributed by atoms with Crippen LogP contribution >= 0.6 is 23.1 Å². The van der Waals surface area contributed by atoms with Crippen LogP contribution in [0, 0.1) is 5.92 Å². The molecular formula is C20H22N6OS2. The van der Waals surface area contributed by atoms with Gasteiger partial charge in [0.15, 0.2) is 4.34 Å². The van der Waals surface area contributed by atoms with Crippen LogP contribution in [0.1, 0.15) is 19.8 Å². The average Bonchev–Trinajstić information content (AvgIpc) is 3.21. The highest BCUT2D eigenvalue weighted by Gasteiger charge is 2.26. The Labute approximate surface area is 178 Å². The minimum Gasteiger partial charge on any atom is -0.356 e. The van der Waals surface area contributed by atoms with Crippen molar-refractivity contribution < 1.29 is 4.79 Å². The van der Waals surface area contributed by atoms with Crippen molar-refractivity contribution in [3.05, 3.63) is 42.7 Å². The van der Waals surface area contributed by atoms with E-state index in [0.717, 1.165) is 53.1 Å². The van der Waals surface area contributed by atoms with Gasteiger partial charge in [0.2, 0.25) is 11.0 Å². The first-order chi connectivity index (χ1) is 14.2. The summed E-state index contributed by atoms with van der Waals surface area (Å²) >= 11 is 3.06. The van der Waals surface area contributed by atoms with Crippen molar-refractivity contribution in [3.63, 3.8) is 0 Å².